The van der Waals surface area contributed by atoms with Gasteiger partial charge in [0, 0.05) is 0 Å². The van der Waals surface area contributed by atoms with E-state index in [9.17, 15) is 14.4 Å². The van der Waals surface area contributed by atoms with Crippen molar-refractivity contribution in [2.75, 3.05) is 39.4 Å². The first-order chi connectivity index (χ1) is 22.8. The third-order valence-corrected chi connectivity index (χ3v) is 8.23. The van der Waals surface area contributed by atoms with Crippen LogP contribution in [0.25, 0.3) is 6.08 Å². The molecule has 0 spiro atoms. The second-order valence-electron chi connectivity index (χ2n) is 10.3. The van der Waals surface area contributed by atoms with Crippen molar-refractivity contribution < 1.29 is 33.3 Å². The highest BCUT2D eigenvalue weighted by molar-refractivity contribution is 7.07. The maximum atomic E-state index is 14.0. The minimum absolute atomic E-state index is 0.185. The van der Waals surface area contributed by atoms with Crippen LogP contribution >= 0.6 is 11.3 Å². The van der Waals surface area contributed by atoms with Gasteiger partial charge in [-0.3, -0.25) is 14.2 Å². The van der Waals surface area contributed by atoms with Gasteiger partial charge in [-0.1, -0.05) is 41.7 Å². The van der Waals surface area contributed by atoms with Crippen molar-refractivity contribution in [1.82, 2.24) is 4.57 Å². The summed E-state index contributed by atoms with van der Waals surface area (Å²) in [4.78, 5) is 44.8. The van der Waals surface area contributed by atoms with Crippen LogP contribution in [0.3, 0.4) is 0 Å². The summed E-state index contributed by atoms with van der Waals surface area (Å²) in [6.45, 7) is 5.81. The zero-order chi connectivity index (χ0) is 33.5. The van der Waals surface area contributed by atoms with E-state index < -0.39 is 12.0 Å². The summed E-state index contributed by atoms with van der Waals surface area (Å²) in [5.74, 6) is 1.04. The molecule has 2 heterocycles. The maximum absolute atomic E-state index is 14.0. The number of carbonyl (C=O) groups is 2. The van der Waals surface area contributed by atoms with Gasteiger partial charge in [0.2, 0.25) is 0 Å². The zero-order valence-corrected chi connectivity index (χ0v) is 27.5. The van der Waals surface area contributed by atoms with Crippen LogP contribution in [-0.2, 0) is 14.3 Å². The van der Waals surface area contributed by atoms with Crippen molar-refractivity contribution in [2.24, 2.45) is 4.99 Å². The van der Waals surface area contributed by atoms with E-state index >= 15 is 0 Å². The molecule has 12 heteroatoms. The van der Waals surface area contributed by atoms with Crippen LogP contribution in [0.4, 0.5) is 5.69 Å². The van der Waals surface area contributed by atoms with Gasteiger partial charge in [0.15, 0.2) is 22.9 Å². The number of benzene rings is 3. The predicted octanol–water partition coefficient (Wildman–Crippen LogP) is 4.23. The number of amides is 1. The number of nitrogens with one attached hydrogen (secondary N) is 1. The van der Waals surface area contributed by atoms with Crippen molar-refractivity contribution in [3.63, 3.8) is 0 Å². The number of aromatic nitrogens is 1. The fourth-order valence-corrected chi connectivity index (χ4v) is 6.19. The summed E-state index contributed by atoms with van der Waals surface area (Å²) in [6.07, 6.45) is 1.73. The highest BCUT2D eigenvalue weighted by atomic mass is 32.1. The van der Waals surface area contributed by atoms with Crippen LogP contribution in [0.2, 0.25) is 0 Å². The Bertz CT molecular complexity index is 2000. The van der Waals surface area contributed by atoms with Gasteiger partial charge in [-0.15, -0.1) is 0 Å². The lowest BCUT2D eigenvalue weighted by atomic mass is 9.96. The lowest BCUT2D eigenvalue weighted by molar-refractivity contribution is -0.139. The van der Waals surface area contributed by atoms with E-state index in [-0.39, 0.29) is 24.7 Å². The normalized spacial score (nSPS) is 14.1. The van der Waals surface area contributed by atoms with E-state index in [4.69, 9.17) is 23.7 Å². The van der Waals surface area contributed by atoms with Crippen LogP contribution in [0.15, 0.2) is 87.8 Å². The Hall–Kier alpha value is -5.36. The molecule has 0 aliphatic carbocycles. The molecule has 0 saturated carbocycles. The SMILES string of the molecule is CCOC(=O)C1=C(C)N=c2s/c(=C/c3ccc(OCC(=O)Nc4ccccc4OC)c(OC)c3)c(=O)n2[C@H]1c1ccc(OCC)cc1. The Morgan fingerprint density at radius 2 is 1.68 bits per heavy atom. The number of fused-ring (bicyclic) bond motifs is 1. The van der Waals surface area contributed by atoms with Crippen molar-refractivity contribution in [3.8, 4) is 23.0 Å². The number of para-hydroxylation sites is 2. The number of thiazole rings is 1. The molecule has 4 aromatic rings. The molecule has 0 saturated heterocycles. The van der Waals surface area contributed by atoms with Gasteiger partial charge in [0.05, 0.1) is 55.0 Å². The highest BCUT2D eigenvalue weighted by Gasteiger charge is 2.33. The van der Waals surface area contributed by atoms with E-state index in [1.54, 1.807) is 56.3 Å². The van der Waals surface area contributed by atoms with Crippen LogP contribution in [0.1, 0.15) is 37.9 Å². The Balaban J connectivity index is 1.45. The third kappa shape index (κ3) is 7.23. The molecule has 0 radical (unpaired) electrons. The summed E-state index contributed by atoms with van der Waals surface area (Å²) in [5.41, 5.74) is 2.38. The topological polar surface area (TPSA) is 127 Å². The van der Waals surface area contributed by atoms with E-state index in [1.165, 1.54) is 30.1 Å². The molecule has 1 amide bonds. The number of anilines is 1. The fourth-order valence-electron chi connectivity index (χ4n) is 5.14. The number of carbonyl (C=O) groups excluding carboxylic acids is 2. The van der Waals surface area contributed by atoms with Crippen LogP contribution in [0.5, 0.6) is 23.0 Å². The Labute approximate surface area is 275 Å². The van der Waals surface area contributed by atoms with Crippen molar-refractivity contribution >= 4 is 35.0 Å². The number of hydrogen-bond acceptors (Lipinski definition) is 10. The summed E-state index contributed by atoms with van der Waals surface area (Å²) < 4.78 is 29.5. The number of ether oxygens (including phenoxy) is 5. The Kier molecular flexibility index (Phi) is 10.4. The average Bonchev–Trinajstić information content (AvgIpc) is 3.37. The largest absolute Gasteiger partial charge is 0.495 e. The van der Waals surface area contributed by atoms with Crippen molar-refractivity contribution in [1.29, 1.82) is 0 Å². The lowest BCUT2D eigenvalue weighted by Gasteiger charge is -2.24. The minimum Gasteiger partial charge on any atom is -0.495 e. The van der Waals surface area contributed by atoms with E-state index in [0.717, 1.165) is 5.56 Å². The second-order valence-corrected chi connectivity index (χ2v) is 11.3. The first kappa shape index (κ1) is 33.0. The third-order valence-electron chi connectivity index (χ3n) is 7.25. The van der Waals surface area contributed by atoms with Gasteiger partial charge >= 0.3 is 5.97 Å². The van der Waals surface area contributed by atoms with E-state index in [0.29, 0.717) is 61.5 Å². The standard InChI is InChI=1S/C35H35N3O8S/c1-6-44-24-15-13-23(14-16-24)32-31(34(41)45-7-2)21(3)36-35-38(32)33(40)29(47-35)19-22-12-17-27(28(18-22)43-5)46-20-30(39)37-25-10-8-9-11-26(25)42-4/h8-19,32H,6-7,20H2,1-5H3,(H,37,39)/b29-19+/t32-/m0/s1. The minimum atomic E-state index is -0.740. The number of rotatable bonds is 12. The van der Waals surface area contributed by atoms with Crippen LogP contribution < -0.4 is 39.2 Å². The molecule has 47 heavy (non-hydrogen) atoms. The molecule has 1 N–H and O–H groups in total. The van der Waals surface area contributed by atoms with Gasteiger partial charge in [-0.25, -0.2) is 9.79 Å². The first-order valence-corrected chi connectivity index (χ1v) is 15.8. The molecule has 0 unspecified atom stereocenters. The Morgan fingerprint density at radius 3 is 2.38 bits per heavy atom. The monoisotopic (exact) mass is 657 g/mol. The van der Waals surface area contributed by atoms with Gasteiger partial charge in [-0.05, 0) is 74.4 Å². The van der Waals surface area contributed by atoms with E-state index in [2.05, 4.69) is 10.3 Å². The summed E-state index contributed by atoms with van der Waals surface area (Å²) in [5, 5.41) is 2.77. The van der Waals surface area contributed by atoms with Crippen molar-refractivity contribution in [3.05, 3.63) is 109 Å². The molecule has 1 atom stereocenters. The smallest absolute Gasteiger partial charge is 0.338 e. The molecule has 11 nitrogen and oxygen atoms in total. The second kappa shape index (κ2) is 14.8. The van der Waals surface area contributed by atoms with Gasteiger partial charge in [0.1, 0.15) is 11.5 Å². The molecule has 0 fully saturated rings. The first-order valence-electron chi connectivity index (χ1n) is 14.9. The highest BCUT2D eigenvalue weighted by Crippen LogP contribution is 2.32. The summed E-state index contributed by atoms with van der Waals surface area (Å²) >= 11 is 1.22. The number of nitrogens with zero attached hydrogens (tertiary/aromatic N) is 2. The summed E-state index contributed by atoms with van der Waals surface area (Å²) in [6, 6.07) is 18.8. The van der Waals surface area contributed by atoms with Gasteiger partial charge in [-0.2, -0.15) is 0 Å². The molecule has 244 valence electrons. The maximum Gasteiger partial charge on any atom is 0.338 e. The molecular formula is C35H35N3O8S. The summed E-state index contributed by atoms with van der Waals surface area (Å²) in [7, 11) is 3.02. The van der Waals surface area contributed by atoms with Gasteiger partial charge < -0.3 is 29.0 Å². The van der Waals surface area contributed by atoms with Crippen molar-refractivity contribution in [2.45, 2.75) is 26.8 Å². The molecular weight excluding hydrogens is 622 g/mol. The quantitative estimate of drug-likeness (QED) is 0.225. The average molecular weight is 658 g/mol. The molecule has 5 rings (SSSR count). The van der Waals surface area contributed by atoms with Crippen LogP contribution in [0, 0.1) is 0 Å². The number of hydrogen-bond donors (Lipinski definition) is 1. The molecule has 1 aliphatic rings. The molecule has 1 aromatic heterocycles. The lowest BCUT2D eigenvalue weighted by Crippen LogP contribution is -2.39. The predicted molar refractivity (Wildman–Crippen MR) is 178 cm³/mol. The molecule has 0 bridgehead atoms. The zero-order valence-electron chi connectivity index (χ0n) is 26.7. The van der Waals surface area contributed by atoms with Gasteiger partial charge in [0.25, 0.3) is 11.5 Å². The number of esters is 1. The number of allylic oxidation sites excluding steroid dienone is 1. The molecule has 3 aromatic carbocycles. The van der Waals surface area contributed by atoms with E-state index in [1.807, 2.05) is 37.3 Å². The number of methoxy groups -OCH3 is 2. The van der Waals surface area contributed by atoms with Crippen LogP contribution in [-0.4, -0.2) is 50.5 Å². The fraction of sp³-hybridized carbons (Fsp3) is 0.257. The Morgan fingerprint density at radius 1 is 0.936 bits per heavy atom. The molecule has 1 aliphatic heterocycles.